The lowest BCUT2D eigenvalue weighted by atomic mass is 9.61. The second-order valence-electron chi connectivity index (χ2n) is 5.99. The van der Waals surface area contributed by atoms with Gasteiger partial charge in [0.2, 0.25) is 0 Å². The van der Waals surface area contributed by atoms with Crippen molar-refractivity contribution in [3.8, 4) is 0 Å². The third-order valence-corrected chi connectivity index (χ3v) is 4.86. The number of halogens is 1. The van der Waals surface area contributed by atoms with Crippen molar-refractivity contribution in [2.24, 2.45) is 5.41 Å². The summed E-state index contributed by atoms with van der Waals surface area (Å²) in [7, 11) is 0. The minimum Gasteiger partial charge on any atom is -0.303 e. The molecule has 0 aromatic heterocycles. The van der Waals surface area contributed by atoms with E-state index < -0.39 is 0 Å². The molecule has 94 valence electrons. The molecule has 0 saturated heterocycles. The number of rotatable bonds is 1. The summed E-state index contributed by atoms with van der Waals surface area (Å²) in [5.41, 5.74) is 2.30. The van der Waals surface area contributed by atoms with Crippen LogP contribution >= 0.6 is 11.6 Å². The van der Waals surface area contributed by atoms with Gasteiger partial charge in [0.25, 0.3) is 0 Å². The predicted octanol–water partition coefficient (Wildman–Crippen LogP) is 4.38. The Balaban J connectivity index is 2.07. The Morgan fingerprint density at radius 3 is 2.94 bits per heavy atom. The lowest BCUT2D eigenvalue weighted by Crippen LogP contribution is -2.36. The smallest absolute Gasteiger partial charge is 0.125 e. The molecular weight excluding hydrogens is 244 g/mol. The van der Waals surface area contributed by atoms with E-state index in [0.29, 0.717) is 0 Å². The molecule has 0 heterocycles. The van der Waals surface area contributed by atoms with E-state index >= 15 is 0 Å². The zero-order valence-electron chi connectivity index (χ0n) is 10.6. The molecule has 18 heavy (non-hydrogen) atoms. The zero-order chi connectivity index (χ0) is 12.8. The van der Waals surface area contributed by atoms with Crippen LogP contribution in [-0.4, -0.2) is 6.29 Å². The number of aldehydes is 1. The Bertz CT molecular complexity index is 534. The van der Waals surface area contributed by atoms with Gasteiger partial charge >= 0.3 is 0 Å². The molecule has 0 radical (unpaired) electrons. The molecule has 1 unspecified atom stereocenters. The molecule has 3 rings (SSSR count). The fourth-order valence-corrected chi connectivity index (χ4v) is 3.89. The van der Waals surface area contributed by atoms with Gasteiger partial charge in [-0.05, 0) is 36.5 Å². The molecule has 0 N–H and O–H groups in total. The van der Waals surface area contributed by atoms with Crippen LogP contribution in [-0.2, 0) is 10.2 Å². The van der Waals surface area contributed by atoms with E-state index in [4.69, 9.17) is 11.6 Å². The maximum Gasteiger partial charge on any atom is 0.125 e. The first-order valence-electron chi connectivity index (χ1n) is 6.53. The number of fused-ring (bicyclic) bond motifs is 2. The van der Waals surface area contributed by atoms with Crippen molar-refractivity contribution in [1.29, 1.82) is 0 Å². The van der Waals surface area contributed by atoms with Crippen molar-refractivity contribution in [1.82, 2.24) is 0 Å². The Kier molecular flexibility index (Phi) is 2.63. The number of benzene rings is 1. The number of carbonyl (C=O) groups is 1. The summed E-state index contributed by atoms with van der Waals surface area (Å²) in [5.74, 6) is 0. The van der Waals surface area contributed by atoms with Crippen molar-refractivity contribution in [2.75, 3.05) is 0 Å². The summed E-state index contributed by atoms with van der Waals surface area (Å²) in [4.78, 5) is 11.4. The van der Waals surface area contributed by atoms with E-state index in [1.54, 1.807) is 0 Å². The quantitative estimate of drug-likeness (QED) is 0.685. The molecule has 0 aliphatic heterocycles. The summed E-state index contributed by atoms with van der Waals surface area (Å²) in [6, 6.07) is 6.12. The number of allylic oxidation sites excluding steroid dienone is 1. The van der Waals surface area contributed by atoms with Gasteiger partial charge in [-0.1, -0.05) is 49.2 Å². The molecular formula is C16H17ClO. The van der Waals surface area contributed by atoms with Gasteiger partial charge in [0.05, 0.1) is 0 Å². The third kappa shape index (κ3) is 1.65. The minimum atomic E-state index is -0.188. The fraction of sp³-hybridized carbons (Fsp3) is 0.438. The van der Waals surface area contributed by atoms with Gasteiger partial charge in [0, 0.05) is 15.9 Å². The molecule has 1 nitrogen and oxygen atoms in total. The monoisotopic (exact) mass is 260 g/mol. The van der Waals surface area contributed by atoms with Crippen LogP contribution in [0.1, 0.15) is 43.7 Å². The van der Waals surface area contributed by atoms with E-state index in [9.17, 15) is 4.79 Å². The van der Waals surface area contributed by atoms with Crippen molar-refractivity contribution in [3.05, 3.63) is 40.4 Å². The summed E-state index contributed by atoms with van der Waals surface area (Å²) < 4.78 is 0. The van der Waals surface area contributed by atoms with Crippen LogP contribution in [0.15, 0.2) is 24.3 Å². The van der Waals surface area contributed by atoms with Crippen LogP contribution < -0.4 is 0 Å². The highest BCUT2D eigenvalue weighted by molar-refractivity contribution is 6.32. The largest absolute Gasteiger partial charge is 0.303 e. The van der Waals surface area contributed by atoms with Gasteiger partial charge in [-0.3, -0.25) is 0 Å². The second kappa shape index (κ2) is 3.96. The van der Waals surface area contributed by atoms with Crippen LogP contribution in [0.5, 0.6) is 0 Å². The molecule has 1 fully saturated rings. The van der Waals surface area contributed by atoms with E-state index in [1.807, 2.05) is 12.1 Å². The van der Waals surface area contributed by atoms with Crippen LogP contribution in [0.3, 0.4) is 0 Å². The highest BCUT2D eigenvalue weighted by Gasteiger charge is 2.44. The van der Waals surface area contributed by atoms with Crippen LogP contribution in [0.4, 0.5) is 0 Å². The average molecular weight is 261 g/mol. The molecule has 1 aromatic carbocycles. The van der Waals surface area contributed by atoms with Gasteiger partial charge in [-0.25, -0.2) is 0 Å². The zero-order valence-corrected chi connectivity index (χ0v) is 11.3. The topological polar surface area (TPSA) is 17.1 Å². The normalized spacial score (nSPS) is 33.7. The lowest BCUT2D eigenvalue weighted by Gasteiger charge is -2.41. The summed E-state index contributed by atoms with van der Waals surface area (Å²) >= 11 is 6.26. The fourth-order valence-electron chi connectivity index (χ4n) is 3.65. The molecule has 1 saturated carbocycles. The third-order valence-electron chi connectivity index (χ3n) is 4.53. The SMILES string of the molecule is CC1(C=O)CCC[C@@]2(C=Cc3c(Cl)cccc32)C1. The van der Waals surface area contributed by atoms with Crippen LogP contribution in [0, 0.1) is 5.41 Å². The Labute approximate surface area is 113 Å². The standard InChI is InChI=1S/C16H17ClO/c1-15(11-18)7-3-8-16(10-15)9-6-12-13(16)4-2-5-14(12)17/h2,4-6,9,11H,3,7-8,10H2,1H3/t15?,16-/m1/s1. The number of hydrogen-bond acceptors (Lipinski definition) is 1. The predicted molar refractivity (Wildman–Crippen MR) is 74.8 cm³/mol. The number of carbonyl (C=O) groups excluding carboxylic acids is 1. The summed E-state index contributed by atoms with van der Waals surface area (Å²) in [6.07, 6.45) is 9.68. The van der Waals surface area contributed by atoms with E-state index in [-0.39, 0.29) is 10.8 Å². The van der Waals surface area contributed by atoms with Gasteiger partial charge in [0.1, 0.15) is 6.29 Å². The maximum absolute atomic E-state index is 11.4. The number of hydrogen-bond donors (Lipinski definition) is 0. The van der Waals surface area contributed by atoms with E-state index in [1.165, 1.54) is 5.56 Å². The molecule has 2 heteroatoms. The van der Waals surface area contributed by atoms with Gasteiger partial charge < -0.3 is 4.79 Å². The minimum absolute atomic E-state index is 0.0359. The second-order valence-corrected chi connectivity index (χ2v) is 6.40. The van der Waals surface area contributed by atoms with Crippen LogP contribution in [0.25, 0.3) is 6.08 Å². The van der Waals surface area contributed by atoms with E-state index in [2.05, 4.69) is 25.1 Å². The Hall–Kier alpha value is -1.08. The maximum atomic E-state index is 11.4. The molecule has 2 atom stereocenters. The summed E-state index contributed by atoms with van der Waals surface area (Å²) in [5, 5.41) is 0.819. The first-order valence-corrected chi connectivity index (χ1v) is 6.91. The van der Waals surface area contributed by atoms with E-state index in [0.717, 1.165) is 42.6 Å². The van der Waals surface area contributed by atoms with Crippen molar-refractivity contribution in [3.63, 3.8) is 0 Å². The lowest BCUT2D eigenvalue weighted by molar-refractivity contribution is -0.117. The Morgan fingerprint density at radius 2 is 2.17 bits per heavy atom. The van der Waals surface area contributed by atoms with Gasteiger partial charge in [-0.2, -0.15) is 0 Å². The molecule has 2 aliphatic rings. The first-order chi connectivity index (χ1) is 8.59. The molecule has 2 aliphatic carbocycles. The van der Waals surface area contributed by atoms with Gasteiger partial charge in [0.15, 0.2) is 0 Å². The van der Waals surface area contributed by atoms with Crippen molar-refractivity contribution in [2.45, 2.75) is 38.0 Å². The van der Waals surface area contributed by atoms with Crippen LogP contribution in [0.2, 0.25) is 5.02 Å². The molecule has 1 aromatic rings. The molecule has 1 spiro atoms. The Morgan fingerprint density at radius 1 is 1.33 bits per heavy atom. The molecule has 0 amide bonds. The first kappa shape index (κ1) is 12.0. The average Bonchev–Trinajstić information content (AvgIpc) is 2.70. The van der Waals surface area contributed by atoms with Crippen molar-refractivity contribution >= 4 is 24.0 Å². The summed E-state index contributed by atoms with van der Waals surface area (Å²) in [6.45, 7) is 2.08. The highest BCUT2D eigenvalue weighted by atomic mass is 35.5. The van der Waals surface area contributed by atoms with Crippen molar-refractivity contribution < 1.29 is 4.79 Å². The van der Waals surface area contributed by atoms with Gasteiger partial charge in [-0.15, -0.1) is 0 Å². The highest BCUT2D eigenvalue weighted by Crippen LogP contribution is 2.52. The molecule has 0 bridgehead atoms.